The monoisotopic (exact) mass is 185 g/mol. The molecule has 0 bridgehead atoms. The van der Waals surface area contributed by atoms with Crippen LogP contribution in [0.3, 0.4) is 0 Å². The molecule has 0 spiro atoms. The minimum atomic E-state index is 0.198. The van der Waals surface area contributed by atoms with E-state index >= 15 is 0 Å². The van der Waals surface area contributed by atoms with Gasteiger partial charge in [-0.1, -0.05) is 32.4 Å². The molecule has 0 fully saturated rings. The third-order valence-electron chi connectivity index (χ3n) is 2.05. The van der Waals surface area contributed by atoms with Crippen LogP contribution in [0.5, 0.6) is 0 Å². The quantitative estimate of drug-likeness (QED) is 0.632. The van der Waals surface area contributed by atoms with Crippen LogP contribution in [0.4, 0.5) is 0 Å². The van der Waals surface area contributed by atoms with Crippen LogP contribution >= 0.6 is 11.6 Å². The van der Waals surface area contributed by atoms with E-state index in [1.54, 1.807) is 0 Å². The van der Waals surface area contributed by atoms with E-state index in [0.29, 0.717) is 0 Å². The van der Waals surface area contributed by atoms with Crippen LogP contribution in [0.1, 0.15) is 33.3 Å². The molecule has 0 unspecified atom stereocenters. The Morgan fingerprint density at radius 2 is 2.00 bits per heavy atom. The highest BCUT2D eigenvalue weighted by molar-refractivity contribution is 6.29. The molecule has 1 nitrogen and oxygen atoms in total. The summed E-state index contributed by atoms with van der Waals surface area (Å²) in [6.45, 7) is 9.61. The van der Waals surface area contributed by atoms with Gasteiger partial charge in [-0.3, -0.25) is 0 Å². The van der Waals surface area contributed by atoms with Crippen LogP contribution in [-0.2, 0) is 12.0 Å². The number of rotatable bonds is 1. The molecule has 1 aromatic rings. The largest absolute Gasteiger partial charge is 0.339 e. The Morgan fingerprint density at radius 1 is 1.42 bits per heavy atom. The van der Waals surface area contributed by atoms with Crippen molar-refractivity contribution in [1.82, 2.24) is 4.57 Å². The second kappa shape index (κ2) is 3.14. The van der Waals surface area contributed by atoms with E-state index in [1.807, 2.05) is 6.07 Å². The lowest BCUT2D eigenvalue weighted by atomic mass is 9.89. The SMILES string of the molecule is CCn1cc(C(C)(C)C)cc1Cl. The molecular formula is C10H16ClN. The lowest BCUT2D eigenvalue weighted by molar-refractivity contribution is 0.587. The second-order valence-corrected chi connectivity index (χ2v) is 4.47. The number of hydrogen-bond donors (Lipinski definition) is 0. The van der Waals surface area contributed by atoms with Crippen molar-refractivity contribution in [2.45, 2.75) is 39.7 Å². The van der Waals surface area contributed by atoms with Crippen LogP contribution < -0.4 is 0 Å². The van der Waals surface area contributed by atoms with Crippen molar-refractivity contribution in [3.8, 4) is 0 Å². The minimum Gasteiger partial charge on any atom is -0.339 e. The normalized spacial score (nSPS) is 12.1. The van der Waals surface area contributed by atoms with Crippen LogP contribution in [-0.4, -0.2) is 4.57 Å². The molecule has 0 aliphatic heterocycles. The summed E-state index contributed by atoms with van der Waals surface area (Å²) in [6.07, 6.45) is 2.13. The first-order valence-corrected chi connectivity index (χ1v) is 4.69. The molecule has 1 aromatic heterocycles. The first kappa shape index (κ1) is 9.66. The zero-order chi connectivity index (χ0) is 9.35. The second-order valence-electron chi connectivity index (χ2n) is 4.09. The summed E-state index contributed by atoms with van der Waals surface area (Å²) in [5.74, 6) is 0. The van der Waals surface area contributed by atoms with Crippen molar-refractivity contribution >= 4 is 11.6 Å². The fraction of sp³-hybridized carbons (Fsp3) is 0.600. The van der Waals surface area contributed by atoms with Gasteiger partial charge in [0.25, 0.3) is 0 Å². The molecule has 0 atom stereocenters. The Labute approximate surface area is 79.3 Å². The average molecular weight is 186 g/mol. The van der Waals surface area contributed by atoms with E-state index in [2.05, 4.69) is 38.5 Å². The maximum absolute atomic E-state index is 6.01. The molecule has 68 valence electrons. The van der Waals surface area contributed by atoms with Gasteiger partial charge in [0.1, 0.15) is 5.15 Å². The van der Waals surface area contributed by atoms with Gasteiger partial charge < -0.3 is 4.57 Å². The van der Waals surface area contributed by atoms with Gasteiger partial charge >= 0.3 is 0 Å². The number of hydrogen-bond acceptors (Lipinski definition) is 0. The van der Waals surface area contributed by atoms with E-state index in [4.69, 9.17) is 11.6 Å². The molecule has 0 N–H and O–H groups in total. The maximum Gasteiger partial charge on any atom is 0.109 e. The predicted octanol–water partition coefficient (Wildman–Crippen LogP) is 3.46. The van der Waals surface area contributed by atoms with Crippen LogP contribution in [0.25, 0.3) is 0 Å². The summed E-state index contributed by atoms with van der Waals surface area (Å²) in [5, 5.41) is 0.836. The van der Waals surface area contributed by atoms with Crippen LogP contribution in [0.15, 0.2) is 12.3 Å². The van der Waals surface area contributed by atoms with Gasteiger partial charge in [-0.2, -0.15) is 0 Å². The Kier molecular flexibility index (Phi) is 2.52. The molecule has 2 heteroatoms. The zero-order valence-corrected chi connectivity index (χ0v) is 8.94. The number of nitrogens with zero attached hydrogens (tertiary/aromatic N) is 1. The van der Waals surface area contributed by atoms with Crippen molar-refractivity contribution in [3.05, 3.63) is 23.0 Å². The number of aromatic nitrogens is 1. The smallest absolute Gasteiger partial charge is 0.109 e. The summed E-state index contributed by atoms with van der Waals surface area (Å²) < 4.78 is 2.06. The zero-order valence-electron chi connectivity index (χ0n) is 8.19. The summed E-state index contributed by atoms with van der Waals surface area (Å²) in [4.78, 5) is 0. The number of halogens is 1. The van der Waals surface area contributed by atoms with E-state index in [1.165, 1.54) is 5.56 Å². The van der Waals surface area contributed by atoms with Crippen molar-refractivity contribution in [2.75, 3.05) is 0 Å². The van der Waals surface area contributed by atoms with E-state index in [-0.39, 0.29) is 5.41 Å². The van der Waals surface area contributed by atoms with Crippen molar-refractivity contribution in [2.24, 2.45) is 0 Å². The molecule has 0 aliphatic rings. The van der Waals surface area contributed by atoms with Gasteiger partial charge in [-0.15, -0.1) is 0 Å². The summed E-state index contributed by atoms with van der Waals surface area (Å²) in [5.41, 5.74) is 1.50. The molecule has 0 saturated heterocycles. The molecule has 12 heavy (non-hydrogen) atoms. The Hall–Kier alpha value is -0.430. The van der Waals surface area contributed by atoms with E-state index in [0.717, 1.165) is 11.7 Å². The molecule has 0 amide bonds. The Bertz CT molecular complexity index is 268. The Balaban J connectivity index is 3.05. The van der Waals surface area contributed by atoms with Crippen molar-refractivity contribution in [1.29, 1.82) is 0 Å². The van der Waals surface area contributed by atoms with Gasteiger partial charge in [-0.05, 0) is 24.0 Å². The molecule has 1 heterocycles. The highest BCUT2D eigenvalue weighted by Gasteiger charge is 2.16. The van der Waals surface area contributed by atoms with Gasteiger partial charge in [0, 0.05) is 12.7 Å². The number of aryl methyl sites for hydroxylation is 1. The van der Waals surface area contributed by atoms with E-state index < -0.39 is 0 Å². The first-order valence-electron chi connectivity index (χ1n) is 4.31. The average Bonchev–Trinajstić information content (AvgIpc) is 2.29. The van der Waals surface area contributed by atoms with Crippen molar-refractivity contribution < 1.29 is 0 Å². The molecule has 0 aliphatic carbocycles. The third-order valence-corrected chi connectivity index (χ3v) is 2.38. The molecule has 0 saturated carbocycles. The fourth-order valence-electron chi connectivity index (χ4n) is 1.13. The molecule has 0 radical (unpaired) electrons. The molecular weight excluding hydrogens is 170 g/mol. The highest BCUT2D eigenvalue weighted by Crippen LogP contribution is 2.26. The predicted molar refractivity (Wildman–Crippen MR) is 53.8 cm³/mol. The third kappa shape index (κ3) is 1.84. The van der Waals surface area contributed by atoms with Gasteiger partial charge in [0.15, 0.2) is 0 Å². The lowest BCUT2D eigenvalue weighted by Gasteiger charge is -2.15. The van der Waals surface area contributed by atoms with Gasteiger partial charge in [-0.25, -0.2) is 0 Å². The van der Waals surface area contributed by atoms with Gasteiger partial charge in [0.2, 0.25) is 0 Å². The fourth-order valence-corrected chi connectivity index (χ4v) is 1.42. The Morgan fingerprint density at radius 3 is 2.25 bits per heavy atom. The molecule has 0 aromatic carbocycles. The molecule has 1 rings (SSSR count). The first-order chi connectivity index (χ1) is 5.45. The van der Waals surface area contributed by atoms with Gasteiger partial charge in [0.05, 0.1) is 0 Å². The highest BCUT2D eigenvalue weighted by atomic mass is 35.5. The van der Waals surface area contributed by atoms with E-state index in [9.17, 15) is 0 Å². The van der Waals surface area contributed by atoms with Crippen LogP contribution in [0.2, 0.25) is 5.15 Å². The summed E-state index contributed by atoms with van der Waals surface area (Å²) in [6, 6.07) is 2.05. The van der Waals surface area contributed by atoms with Crippen molar-refractivity contribution in [3.63, 3.8) is 0 Å². The topological polar surface area (TPSA) is 4.93 Å². The maximum atomic E-state index is 6.01. The summed E-state index contributed by atoms with van der Waals surface area (Å²) >= 11 is 6.01. The standard InChI is InChI=1S/C10H16ClN/c1-5-12-7-8(6-9(12)11)10(2,3)4/h6-7H,5H2,1-4H3. The lowest BCUT2D eigenvalue weighted by Crippen LogP contribution is -2.09. The minimum absolute atomic E-state index is 0.198. The summed E-state index contributed by atoms with van der Waals surface area (Å²) in [7, 11) is 0. The van der Waals surface area contributed by atoms with Crippen LogP contribution in [0, 0.1) is 0 Å².